The summed E-state index contributed by atoms with van der Waals surface area (Å²) in [6.45, 7) is 0. The average molecular weight is 530 g/mol. The molecule has 0 saturated carbocycles. The quantitative estimate of drug-likeness (QED) is 0.575. The highest BCUT2D eigenvalue weighted by molar-refractivity contribution is 9.10. The third-order valence-corrected chi connectivity index (χ3v) is 5.71. The molecule has 11 heteroatoms. The molecule has 3 rings (SSSR count). The van der Waals surface area contributed by atoms with E-state index in [0.29, 0.717) is 21.3 Å². The van der Waals surface area contributed by atoms with Gasteiger partial charge in [-0.1, -0.05) is 39.1 Å². The zero-order valence-electron chi connectivity index (χ0n) is 15.5. The van der Waals surface area contributed by atoms with Crippen molar-refractivity contribution in [2.24, 2.45) is 0 Å². The molecule has 0 spiro atoms. The summed E-state index contributed by atoms with van der Waals surface area (Å²) in [6, 6.07) is 10.3. The fraction of sp³-hybridized carbons (Fsp3) is 0.158. The minimum atomic E-state index is -0.989. The zero-order valence-corrected chi connectivity index (χ0v) is 19.4. The van der Waals surface area contributed by atoms with Crippen LogP contribution in [0.4, 0.5) is 5.69 Å². The lowest BCUT2D eigenvalue weighted by Crippen LogP contribution is -2.49. The van der Waals surface area contributed by atoms with Gasteiger partial charge in [0.1, 0.15) is 6.04 Å². The number of anilines is 1. The van der Waals surface area contributed by atoms with Gasteiger partial charge in [-0.25, -0.2) is 5.01 Å². The predicted octanol–water partition coefficient (Wildman–Crippen LogP) is 3.86. The van der Waals surface area contributed by atoms with Gasteiger partial charge < -0.3 is 5.32 Å². The standard InChI is InChI=1S/C19H15BrCl2N4O3S/c1-25-18(29)15(9-16(27)23-14-7-12(21)6-13(22)8-14)26(19(25)30)24-17(28)10-2-4-11(20)5-3-10/h2-8,15H,9H2,1H3,(H,23,27)(H,24,28). The van der Waals surface area contributed by atoms with Crippen LogP contribution in [0.25, 0.3) is 0 Å². The Bertz CT molecular complexity index is 1010. The van der Waals surface area contributed by atoms with Crippen molar-refractivity contribution in [1.82, 2.24) is 15.3 Å². The van der Waals surface area contributed by atoms with Gasteiger partial charge in [0.05, 0.1) is 6.42 Å². The van der Waals surface area contributed by atoms with Crippen LogP contribution in [0.3, 0.4) is 0 Å². The van der Waals surface area contributed by atoms with Gasteiger partial charge in [0, 0.05) is 32.8 Å². The first kappa shape index (κ1) is 22.5. The number of hydrazine groups is 1. The molecule has 1 aliphatic heterocycles. The summed E-state index contributed by atoms with van der Waals surface area (Å²) < 4.78 is 0.821. The number of thiocarbonyl (C=S) groups is 1. The van der Waals surface area contributed by atoms with E-state index in [1.165, 1.54) is 35.2 Å². The molecule has 0 aliphatic carbocycles. The highest BCUT2D eigenvalue weighted by atomic mass is 79.9. The Labute approximate surface area is 196 Å². The van der Waals surface area contributed by atoms with Crippen LogP contribution in [0, 0.1) is 0 Å². The third kappa shape index (κ3) is 5.10. The van der Waals surface area contributed by atoms with Crippen LogP contribution in [0.5, 0.6) is 0 Å². The predicted molar refractivity (Wildman–Crippen MR) is 122 cm³/mol. The van der Waals surface area contributed by atoms with Gasteiger partial charge in [-0.3, -0.25) is 24.7 Å². The van der Waals surface area contributed by atoms with E-state index in [1.54, 1.807) is 24.3 Å². The summed E-state index contributed by atoms with van der Waals surface area (Å²) in [5.74, 6) is -1.33. The Morgan fingerprint density at radius 1 is 1.13 bits per heavy atom. The molecule has 3 amide bonds. The average Bonchev–Trinajstić information content (AvgIpc) is 2.86. The van der Waals surface area contributed by atoms with Crippen LogP contribution < -0.4 is 10.7 Å². The number of carbonyl (C=O) groups excluding carboxylic acids is 3. The van der Waals surface area contributed by atoms with Crippen molar-refractivity contribution in [2.75, 3.05) is 12.4 Å². The van der Waals surface area contributed by atoms with E-state index in [0.717, 1.165) is 4.47 Å². The maximum atomic E-state index is 12.6. The molecule has 30 heavy (non-hydrogen) atoms. The Balaban J connectivity index is 1.74. The summed E-state index contributed by atoms with van der Waals surface area (Å²) in [7, 11) is 1.48. The molecular formula is C19H15BrCl2N4O3S. The van der Waals surface area contributed by atoms with Crippen molar-refractivity contribution < 1.29 is 14.4 Å². The topological polar surface area (TPSA) is 81.8 Å². The second kappa shape index (κ2) is 9.30. The minimum absolute atomic E-state index is 0.0917. The molecule has 2 aromatic carbocycles. The number of benzene rings is 2. The number of amides is 3. The second-order valence-electron chi connectivity index (χ2n) is 6.42. The van der Waals surface area contributed by atoms with E-state index < -0.39 is 23.8 Å². The molecule has 7 nitrogen and oxygen atoms in total. The molecule has 0 bridgehead atoms. The molecule has 1 saturated heterocycles. The van der Waals surface area contributed by atoms with Crippen LogP contribution in [0.15, 0.2) is 46.9 Å². The number of likely N-dealkylation sites (N-methyl/N-ethyl adjacent to an activating group) is 1. The summed E-state index contributed by atoms with van der Waals surface area (Å²) >= 11 is 20.5. The molecule has 0 radical (unpaired) electrons. The first-order valence-electron chi connectivity index (χ1n) is 8.59. The molecule has 1 unspecified atom stereocenters. The van der Waals surface area contributed by atoms with Gasteiger partial charge >= 0.3 is 0 Å². The fourth-order valence-electron chi connectivity index (χ4n) is 2.82. The lowest BCUT2D eigenvalue weighted by atomic mass is 10.2. The lowest BCUT2D eigenvalue weighted by Gasteiger charge is -2.24. The number of hydrogen-bond acceptors (Lipinski definition) is 4. The van der Waals surface area contributed by atoms with Crippen molar-refractivity contribution in [2.45, 2.75) is 12.5 Å². The monoisotopic (exact) mass is 528 g/mol. The molecule has 1 heterocycles. The fourth-order valence-corrected chi connectivity index (χ4v) is 3.87. The number of hydrogen-bond donors (Lipinski definition) is 2. The molecule has 1 atom stereocenters. The molecule has 1 aliphatic rings. The minimum Gasteiger partial charge on any atom is -0.326 e. The zero-order chi connectivity index (χ0) is 22.0. The molecule has 156 valence electrons. The highest BCUT2D eigenvalue weighted by Crippen LogP contribution is 2.24. The number of carbonyl (C=O) groups is 3. The summed E-state index contributed by atoms with van der Waals surface area (Å²) in [4.78, 5) is 38.9. The van der Waals surface area contributed by atoms with Crippen LogP contribution in [-0.4, -0.2) is 45.8 Å². The van der Waals surface area contributed by atoms with Crippen molar-refractivity contribution >= 4 is 79.9 Å². The Morgan fingerprint density at radius 2 is 1.73 bits per heavy atom. The lowest BCUT2D eigenvalue weighted by molar-refractivity contribution is -0.130. The number of nitrogens with zero attached hydrogens (tertiary/aromatic N) is 2. The number of halogens is 3. The van der Waals surface area contributed by atoms with E-state index in [4.69, 9.17) is 35.4 Å². The van der Waals surface area contributed by atoms with Crippen LogP contribution in [-0.2, 0) is 9.59 Å². The Hall–Kier alpha value is -2.20. The van der Waals surface area contributed by atoms with Crippen molar-refractivity contribution in [3.63, 3.8) is 0 Å². The van der Waals surface area contributed by atoms with Crippen LogP contribution >= 0.6 is 51.3 Å². The molecule has 1 fully saturated rings. The van der Waals surface area contributed by atoms with E-state index in [2.05, 4.69) is 26.7 Å². The molecule has 0 aromatic heterocycles. The molecule has 2 N–H and O–H groups in total. The van der Waals surface area contributed by atoms with Gasteiger partial charge in [0.15, 0.2) is 5.11 Å². The number of rotatable bonds is 5. The van der Waals surface area contributed by atoms with Crippen LogP contribution in [0.1, 0.15) is 16.8 Å². The normalized spacial score (nSPS) is 16.1. The maximum absolute atomic E-state index is 12.6. The number of nitrogens with one attached hydrogen (secondary N) is 2. The molecule has 2 aromatic rings. The van der Waals surface area contributed by atoms with E-state index >= 15 is 0 Å². The van der Waals surface area contributed by atoms with E-state index in [9.17, 15) is 14.4 Å². The van der Waals surface area contributed by atoms with Gasteiger partial charge in [-0.2, -0.15) is 0 Å². The third-order valence-electron chi connectivity index (χ3n) is 4.27. The van der Waals surface area contributed by atoms with E-state index in [1.807, 2.05) is 0 Å². The smallest absolute Gasteiger partial charge is 0.269 e. The van der Waals surface area contributed by atoms with Crippen molar-refractivity contribution in [1.29, 1.82) is 0 Å². The first-order valence-corrected chi connectivity index (χ1v) is 10.5. The molecular weight excluding hydrogens is 515 g/mol. The van der Waals surface area contributed by atoms with Crippen molar-refractivity contribution in [3.05, 3.63) is 62.5 Å². The van der Waals surface area contributed by atoms with E-state index in [-0.39, 0.29) is 11.5 Å². The maximum Gasteiger partial charge on any atom is 0.269 e. The summed E-state index contributed by atoms with van der Waals surface area (Å²) in [6.07, 6.45) is -0.242. The Morgan fingerprint density at radius 3 is 2.33 bits per heavy atom. The van der Waals surface area contributed by atoms with Gasteiger partial charge in [0.25, 0.3) is 11.8 Å². The summed E-state index contributed by atoms with van der Waals surface area (Å²) in [5, 5.41) is 4.69. The van der Waals surface area contributed by atoms with Crippen molar-refractivity contribution in [3.8, 4) is 0 Å². The summed E-state index contributed by atoms with van der Waals surface area (Å²) in [5.41, 5.74) is 3.38. The SMILES string of the molecule is CN1C(=O)C(CC(=O)Nc2cc(Cl)cc(Cl)c2)N(NC(=O)c2ccc(Br)cc2)C1=S. The Kier molecular flexibility index (Phi) is 6.97. The second-order valence-corrected chi connectivity index (χ2v) is 8.58. The van der Waals surface area contributed by atoms with Gasteiger partial charge in [0.2, 0.25) is 5.91 Å². The van der Waals surface area contributed by atoms with Crippen LogP contribution in [0.2, 0.25) is 10.0 Å². The van der Waals surface area contributed by atoms with Gasteiger partial charge in [-0.05, 0) is 54.7 Å². The highest BCUT2D eigenvalue weighted by Gasteiger charge is 2.42. The largest absolute Gasteiger partial charge is 0.326 e. The first-order chi connectivity index (χ1) is 14.2. The van der Waals surface area contributed by atoms with Gasteiger partial charge in [-0.15, -0.1) is 0 Å².